The zero-order valence-electron chi connectivity index (χ0n) is 22.2. The lowest BCUT2D eigenvalue weighted by Gasteiger charge is -2.25. The van der Waals surface area contributed by atoms with Crippen molar-refractivity contribution in [3.8, 4) is 0 Å². The number of unbranched alkanes of at least 4 members (excludes halogenated alkanes) is 1. The molecule has 0 fully saturated rings. The van der Waals surface area contributed by atoms with E-state index in [1.165, 1.54) is 11.8 Å². The maximum atomic E-state index is 13.2. The van der Waals surface area contributed by atoms with Crippen LogP contribution >= 0.6 is 11.8 Å². The molecule has 0 aromatic heterocycles. The number of nitrogens with two attached hydrogens (primary N) is 4. The van der Waals surface area contributed by atoms with Crippen molar-refractivity contribution in [1.29, 1.82) is 0 Å². The number of rotatable bonds is 20. The van der Waals surface area contributed by atoms with Crippen LogP contribution in [0.25, 0.3) is 0 Å². The van der Waals surface area contributed by atoms with E-state index in [0.717, 1.165) is 0 Å². The van der Waals surface area contributed by atoms with Crippen molar-refractivity contribution in [3.63, 3.8) is 0 Å². The molecular weight excluding hydrogens is 500 g/mol. The van der Waals surface area contributed by atoms with Gasteiger partial charge in [-0.3, -0.25) is 19.4 Å². The number of carbonyl (C=O) groups is 4. The maximum Gasteiger partial charge on any atom is 0.326 e. The van der Waals surface area contributed by atoms with Gasteiger partial charge in [-0.05, 0) is 69.4 Å². The molecule has 0 rings (SSSR count). The third kappa shape index (κ3) is 16.0. The van der Waals surface area contributed by atoms with Gasteiger partial charge in [-0.2, -0.15) is 11.8 Å². The van der Waals surface area contributed by atoms with E-state index >= 15 is 0 Å². The van der Waals surface area contributed by atoms with Crippen LogP contribution in [0.4, 0.5) is 0 Å². The van der Waals surface area contributed by atoms with E-state index < -0.39 is 47.9 Å². The van der Waals surface area contributed by atoms with Crippen molar-refractivity contribution in [2.75, 3.05) is 25.1 Å². The molecule has 0 heterocycles. The predicted octanol–water partition coefficient (Wildman–Crippen LogP) is -1.17. The van der Waals surface area contributed by atoms with Crippen LogP contribution in [0, 0.1) is 5.92 Å². The van der Waals surface area contributed by atoms with Gasteiger partial charge in [0.2, 0.25) is 17.7 Å². The number of aliphatic imine (C=N–C) groups is 1. The summed E-state index contributed by atoms with van der Waals surface area (Å²) in [5, 5.41) is 17.4. The number of nitrogens with one attached hydrogen (secondary N) is 3. The molecule has 0 aromatic carbocycles. The molecule has 214 valence electrons. The van der Waals surface area contributed by atoms with Crippen LogP contribution in [-0.2, 0) is 19.2 Å². The second-order valence-electron chi connectivity index (χ2n) is 9.27. The van der Waals surface area contributed by atoms with Crippen LogP contribution in [0.1, 0.15) is 58.8 Å². The molecule has 0 aliphatic heterocycles. The van der Waals surface area contributed by atoms with Gasteiger partial charge in [0, 0.05) is 6.54 Å². The van der Waals surface area contributed by atoms with Crippen LogP contribution in [0.2, 0.25) is 0 Å². The summed E-state index contributed by atoms with van der Waals surface area (Å²) in [6.45, 7) is 4.54. The summed E-state index contributed by atoms with van der Waals surface area (Å²) < 4.78 is 0. The molecule has 37 heavy (non-hydrogen) atoms. The Morgan fingerprint density at radius 2 is 1.41 bits per heavy atom. The highest BCUT2D eigenvalue weighted by molar-refractivity contribution is 7.98. The number of nitrogens with zero attached hydrogens (tertiary/aromatic N) is 1. The Bertz CT molecular complexity index is 749. The summed E-state index contributed by atoms with van der Waals surface area (Å²) in [5.74, 6) is -2.18. The molecule has 4 atom stereocenters. The summed E-state index contributed by atoms with van der Waals surface area (Å²) in [4.78, 5) is 54.2. The van der Waals surface area contributed by atoms with E-state index in [9.17, 15) is 24.3 Å². The Morgan fingerprint density at radius 1 is 0.865 bits per heavy atom. The standard InChI is InChI=1S/C23H46N8O5S/c1-14(2)13-15(25)19(32)29-16(7-4-5-10-24)20(33)30-17(9-12-37-3)21(34)31-18(22(35)36)8-6-11-28-23(26)27/h14-18H,4-13,24-25H2,1-3H3,(H,29,32)(H,30,33)(H,31,34)(H,35,36)(H4,26,27,28). The van der Waals surface area contributed by atoms with Gasteiger partial charge in [-0.25, -0.2) is 4.79 Å². The minimum absolute atomic E-state index is 0.103. The fraction of sp³-hybridized carbons (Fsp3) is 0.783. The van der Waals surface area contributed by atoms with Crippen molar-refractivity contribution >= 4 is 41.4 Å². The number of carboxylic acid groups (broad SMARTS) is 1. The molecule has 0 saturated carbocycles. The fourth-order valence-corrected chi connectivity index (χ4v) is 3.94. The number of carbonyl (C=O) groups excluding carboxylic acids is 3. The molecular formula is C23H46N8O5S. The van der Waals surface area contributed by atoms with Crippen LogP contribution in [0.3, 0.4) is 0 Å². The van der Waals surface area contributed by atoms with E-state index in [0.29, 0.717) is 44.4 Å². The highest BCUT2D eigenvalue weighted by atomic mass is 32.2. The molecule has 4 unspecified atom stereocenters. The normalized spacial score (nSPS) is 14.2. The lowest BCUT2D eigenvalue weighted by atomic mass is 10.0. The maximum absolute atomic E-state index is 13.2. The van der Waals surface area contributed by atoms with Gasteiger partial charge in [0.1, 0.15) is 18.1 Å². The van der Waals surface area contributed by atoms with Gasteiger partial charge in [0.25, 0.3) is 0 Å². The van der Waals surface area contributed by atoms with E-state index in [1.807, 2.05) is 20.1 Å². The van der Waals surface area contributed by atoms with Crippen LogP contribution in [0.15, 0.2) is 4.99 Å². The summed E-state index contributed by atoms with van der Waals surface area (Å²) in [6, 6.07) is -3.84. The Hall–Kier alpha value is -2.58. The smallest absolute Gasteiger partial charge is 0.326 e. The molecule has 0 saturated heterocycles. The molecule has 0 aromatic rings. The first-order valence-electron chi connectivity index (χ1n) is 12.6. The molecule has 12 N–H and O–H groups in total. The summed E-state index contributed by atoms with van der Waals surface area (Å²) in [7, 11) is 0. The molecule has 14 heteroatoms. The number of hydrogen-bond donors (Lipinski definition) is 8. The predicted molar refractivity (Wildman–Crippen MR) is 147 cm³/mol. The molecule has 0 bridgehead atoms. The highest BCUT2D eigenvalue weighted by Crippen LogP contribution is 2.08. The second kappa shape index (κ2) is 19.5. The Balaban J connectivity index is 5.44. The van der Waals surface area contributed by atoms with Gasteiger partial charge in [-0.15, -0.1) is 0 Å². The highest BCUT2D eigenvalue weighted by Gasteiger charge is 2.30. The fourth-order valence-electron chi connectivity index (χ4n) is 3.47. The van der Waals surface area contributed by atoms with Gasteiger partial charge in [0.05, 0.1) is 6.04 Å². The Labute approximate surface area is 223 Å². The van der Waals surface area contributed by atoms with Crippen LogP contribution in [-0.4, -0.2) is 84.0 Å². The lowest BCUT2D eigenvalue weighted by Crippen LogP contribution is -2.57. The lowest BCUT2D eigenvalue weighted by molar-refractivity contribution is -0.142. The van der Waals surface area contributed by atoms with Crippen LogP contribution < -0.4 is 38.9 Å². The first kappa shape index (κ1) is 34.4. The molecule has 13 nitrogen and oxygen atoms in total. The van der Waals surface area contributed by atoms with E-state index in [4.69, 9.17) is 22.9 Å². The average Bonchev–Trinajstić information content (AvgIpc) is 2.81. The van der Waals surface area contributed by atoms with Crippen molar-refractivity contribution in [2.24, 2.45) is 33.8 Å². The van der Waals surface area contributed by atoms with Crippen molar-refractivity contribution in [1.82, 2.24) is 16.0 Å². The van der Waals surface area contributed by atoms with Gasteiger partial charge < -0.3 is 44.0 Å². The van der Waals surface area contributed by atoms with E-state index in [1.54, 1.807) is 0 Å². The molecule has 0 aliphatic carbocycles. The Kier molecular flexibility index (Phi) is 18.2. The van der Waals surface area contributed by atoms with Gasteiger partial charge in [0.15, 0.2) is 5.96 Å². The van der Waals surface area contributed by atoms with Crippen molar-refractivity contribution in [2.45, 2.75) is 83.0 Å². The topological polar surface area (TPSA) is 241 Å². The largest absolute Gasteiger partial charge is 0.480 e. The average molecular weight is 547 g/mol. The summed E-state index contributed by atoms with van der Waals surface area (Å²) in [6.07, 6.45) is 4.60. The number of aliphatic carboxylic acids is 1. The summed E-state index contributed by atoms with van der Waals surface area (Å²) >= 11 is 1.48. The summed E-state index contributed by atoms with van der Waals surface area (Å²) in [5.41, 5.74) is 22.1. The molecule has 0 radical (unpaired) electrons. The minimum Gasteiger partial charge on any atom is -0.480 e. The monoisotopic (exact) mass is 546 g/mol. The zero-order valence-corrected chi connectivity index (χ0v) is 23.0. The number of guanidine groups is 1. The Morgan fingerprint density at radius 3 is 1.92 bits per heavy atom. The van der Waals surface area contributed by atoms with Crippen LogP contribution in [0.5, 0.6) is 0 Å². The van der Waals surface area contributed by atoms with Gasteiger partial charge in [-0.1, -0.05) is 13.8 Å². The van der Waals surface area contributed by atoms with E-state index in [-0.39, 0.29) is 31.3 Å². The number of thioether (sulfide) groups is 1. The van der Waals surface area contributed by atoms with Crippen molar-refractivity contribution in [3.05, 3.63) is 0 Å². The number of carboxylic acids is 1. The molecule has 3 amide bonds. The third-order valence-corrected chi connectivity index (χ3v) is 6.09. The van der Waals surface area contributed by atoms with Crippen molar-refractivity contribution < 1.29 is 24.3 Å². The first-order valence-corrected chi connectivity index (χ1v) is 14.0. The van der Waals surface area contributed by atoms with E-state index in [2.05, 4.69) is 20.9 Å². The molecule has 0 aliphatic rings. The van der Waals surface area contributed by atoms with Gasteiger partial charge >= 0.3 is 5.97 Å². The third-order valence-electron chi connectivity index (χ3n) is 5.45. The minimum atomic E-state index is -1.21. The SMILES string of the molecule is CSCCC(NC(=O)C(CCCCN)NC(=O)C(N)CC(C)C)C(=O)NC(CCCN=C(N)N)C(=O)O. The second-order valence-corrected chi connectivity index (χ2v) is 10.3. The number of amides is 3. The first-order chi connectivity index (χ1) is 17.4. The molecule has 0 spiro atoms. The quantitative estimate of drug-likeness (QED) is 0.0517. The zero-order chi connectivity index (χ0) is 28.4. The number of hydrogen-bond acceptors (Lipinski definition) is 8.